The van der Waals surface area contributed by atoms with Crippen LogP contribution in [-0.2, 0) is 11.2 Å². The molecule has 96 valence electrons. The van der Waals surface area contributed by atoms with E-state index in [1.165, 1.54) is 11.1 Å². The summed E-state index contributed by atoms with van der Waals surface area (Å²) >= 11 is 6.11. The van der Waals surface area contributed by atoms with Crippen molar-refractivity contribution in [3.05, 3.63) is 28.3 Å². The van der Waals surface area contributed by atoms with Crippen LogP contribution in [0.2, 0.25) is 5.02 Å². The van der Waals surface area contributed by atoms with Gasteiger partial charge >= 0.3 is 0 Å². The molecule has 0 N–H and O–H groups in total. The van der Waals surface area contributed by atoms with Gasteiger partial charge in [0.05, 0.1) is 18.9 Å². The molecular formula is C13H20ClNO2. The Balaban J connectivity index is 2.68. The van der Waals surface area contributed by atoms with Gasteiger partial charge in [-0.15, -0.1) is 0 Å². The van der Waals surface area contributed by atoms with Gasteiger partial charge in [0.25, 0.3) is 0 Å². The van der Waals surface area contributed by atoms with Crippen molar-refractivity contribution < 1.29 is 9.47 Å². The van der Waals surface area contributed by atoms with Crippen LogP contribution < -0.4 is 4.74 Å². The summed E-state index contributed by atoms with van der Waals surface area (Å²) in [5.74, 6) is 0.734. The first-order valence-corrected chi connectivity index (χ1v) is 5.96. The number of rotatable bonds is 6. The lowest BCUT2D eigenvalue weighted by Crippen LogP contribution is -2.23. The third kappa shape index (κ3) is 4.19. The van der Waals surface area contributed by atoms with Gasteiger partial charge < -0.3 is 9.47 Å². The molecule has 0 amide bonds. The second kappa shape index (κ2) is 6.84. The summed E-state index contributed by atoms with van der Waals surface area (Å²) < 4.78 is 10.2. The summed E-state index contributed by atoms with van der Waals surface area (Å²) in [6.07, 6.45) is 0.954. The summed E-state index contributed by atoms with van der Waals surface area (Å²) in [7, 11) is 5.36. The van der Waals surface area contributed by atoms with Crippen LogP contribution in [0.3, 0.4) is 0 Å². The number of aryl methyl sites for hydroxylation is 1. The molecule has 17 heavy (non-hydrogen) atoms. The van der Waals surface area contributed by atoms with E-state index < -0.39 is 0 Å². The topological polar surface area (TPSA) is 21.7 Å². The fraction of sp³-hybridized carbons (Fsp3) is 0.538. The molecule has 0 radical (unpaired) electrons. The second-order valence-corrected chi connectivity index (χ2v) is 4.57. The van der Waals surface area contributed by atoms with E-state index in [1.807, 2.05) is 19.2 Å². The first-order valence-electron chi connectivity index (χ1n) is 5.59. The Bertz CT molecular complexity index is 369. The van der Waals surface area contributed by atoms with Crippen molar-refractivity contribution in [3.63, 3.8) is 0 Å². The number of likely N-dealkylation sites (N-methyl/N-ethyl adjacent to an activating group) is 1. The van der Waals surface area contributed by atoms with Crippen LogP contribution in [0.4, 0.5) is 0 Å². The van der Waals surface area contributed by atoms with Gasteiger partial charge in [0.2, 0.25) is 0 Å². The van der Waals surface area contributed by atoms with Gasteiger partial charge in [-0.25, -0.2) is 0 Å². The first-order chi connectivity index (χ1) is 8.08. The van der Waals surface area contributed by atoms with Crippen molar-refractivity contribution in [3.8, 4) is 5.75 Å². The third-order valence-electron chi connectivity index (χ3n) is 2.72. The minimum Gasteiger partial charge on any atom is -0.495 e. The van der Waals surface area contributed by atoms with Crippen LogP contribution in [-0.4, -0.2) is 39.4 Å². The Kier molecular flexibility index (Phi) is 5.75. The fourth-order valence-electron chi connectivity index (χ4n) is 1.72. The van der Waals surface area contributed by atoms with Gasteiger partial charge in [-0.3, -0.25) is 4.90 Å². The first kappa shape index (κ1) is 14.3. The highest BCUT2D eigenvalue weighted by atomic mass is 35.5. The van der Waals surface area contributed by atoms with E-state index in [4.69, 9.17) is 21.1 Å². The number of benzene rings is 1. The van der Waals surface area contributed by atoms with Gasteiger partial charge in [-0.05, 0) is 43.7 Å². The average Bonchev–Trinajstić information content (AvgIpc) is 2.30. The quantitative estimate of drug-likeness (QED) is 0.732. The lowest BCUT2D eigenvalue weighted by atomic mass is 10.1. The molecule has 1 aromatic rings. The van der Waals surface area contributed by atoms with Crippen molar-refractivity contribution in [2.24, 2.45) is 0 Å². The summed E-state index contributed by atoms with van der Waals surface area (Å²) in [5, 5.41) is 0.669. The van der Waals surface area contributed by atoms with Crippen molar-refractivity contribution in [1.29, 1.82) is 0 Å². The molecule has 0 atom stereocenters. The molecule has 0 fully saturated rings. The molecule has 0 saturated carbocycles. The minimum atomic E-state index is 0.642. The van der Waals surface area contributed by atoms with E-state index in [-0.39, 0.29) is 0 Å². The van der Waals surface area contributed by atoms with Crippen LogP contribution >= 0.6 is 11.6 Å². The van der Waals surface area contributed by atoms with E-state index in [2.05, 4.69) is 11.8 Å². The number of halogens is 1. The lowest BCUT2D eigenvalue weighted by molar-refractivity contribution is 0.0827. The van der Waals surface area contributed by atoms with Gasteiger partial charge in [0.1, 0.15) is 5.75 Å². The van der Waals surface area contributed by atoms with E-state index in [1.54, 1.807) is 14.2 Å². The van der Waals surface area contributed by atoms with Crippen LogP contribution in [0.1, 0.15) is 11.1 Å². The predicted molar refractivity (Wildman–Crippen MR) is 71.0 cm³/mol. The largest absolute Gasteiger partial charge is 0.495 e. The molecule has 0 heterocycles. The van der Waals surface area contributed by atoms with Crippen molar-refractivity contribution >= 4 is 11.6 Å². The van der Waals surface area contributed by atoms with Gasteiger partial charge in [0, 0.05) is 13.7 Å². The zero-order valence-electron chi connectivity index (χ0n) is 10.9. The van der Waals surface area contributed by atoms with Crippen molar-refractivity contribution in [1.82, 2.24) is 4.90 Å². The summed E-state index contributed by atoms with van der Waals surface area (Å²) in [6.45, 7) is 3.66. The Morgan fingerprint density at radius 1 is 1.29 bits per heavy atom. The molecule has 4 heteroatoms. The van der Waals surface area contributed by atoms with Crippen molar-refractivity contribution in [2.45, 2.75) is 13.3 Å². The fourth-order valence-corrected chi connectivity index (χ4v) is 1.98. The predicted octanol–water partition coefficient (Wildman–Crippen LogP) is 2.74. The zero-order chi connectivity index (χ0) is 12.8. The molecule has 0 spiro atoms. The summed E-state index contributed by atoms with van der Waals surface area (Å²) in [4.78, 5) is 2.12. The zero-order valence-corrected chi connectivity index (χ0v) is 11.7. The Morgan fingerprint density at radius 2 is 2.00 bits per heavy atom. The Labute approximate surface area is 108 Å². The minimum absolute atomic E-state index is 0.642. The monoisotopic (exact) mass is 257 g/mol. The molecule has 1 rings (SSSR count). The SMILES string of the molecule is COCN(C)CCc1cc(Cl)c(OC)cc1C. The van der Waals surface area contributed by atoms with E-state index in [0.29, 0.717) is 11.8 Å². The lowest BCUT2D eigenvalue weighted by Gasteiger charge is -2.16. The summed E-state index contributed by atoms with van der Waals surface area (Å²) in [6, 6.07) is 3.96. The normalized spacial score (nSPS) is 10.9. The molecule has 1 aromatic carbocycles. The van der Waals surface area contributed by atoms with E-state index >= 15 is 0 Å². The highest BCUT2D eigenvalue weighted by Gasteiger charge is 2.07. The molecule has 0 aliphatic carbocycles. The smallest absolute Gasteiger partial charge is 0.137 e. The number of methoxy groups -OCH3 is 2. The molecule has 0 unspecified atom stereocenters. The number of hydrogen-bond donors (Lipinski definition) is 0. The van der Waals surface area contributed by atoms with Crippen LogP contribution in [0, 0.1) is 6.92 Å². The molecule has 0 aliphatic rings. The van der Waals surface area contributed by atoms with Crippen LogP contribution in [0.25, 0.3) is 0 Å². The van der Waals surface area contributed by atoms with Crippen LogP contribution in [0.15, 0.2) is 12.1 Å². The standard InChI is InChI=1S/C13H20ClNO2/c1-10-7-13(17-4)12(14)8-11(10)5-6-15(2)9-16-3/h7-8H,5-6,9H2,1-4H3. The maximum atomic E-state index is 6.11. The van der Waals surface area contributed by atoms with Gasteiger partial charge in [-0.2, -0.15) is 0 Å². The number of hydrogen-bond acceptors (Lipinski definition) is 3. The highest BCUT2D eigenvalue weighted by Crippen LogP contribution is 2.28. The molecule has 0 bridgehead atoms. The molecular weight excluding hydrogens is 238 g/mol. The van der Waals surface area contributed by atoms with Crippen LogP contribution in [0.5, 0.6) is 5.75 Å². The van der Waals surface area contributed by atoms with Gasteiger partial charge in [0.15, 0.2) is 0 Å². The van der Waals surface area contributed by atoms with Crippen molar-refractivity contribution in [2.75, 3.05) is 34.5 Å². The maximum Gasteiger partial charge on any atom is 0.137 e. The third-order valence-corrected chi connectivity index (χ3v) is 3.02. The molecule has 3 nitrogen and oxygen atoms in total. The molecule has 0 saturated heterocycles. The van der Waals surface area contributed by atoms with E-state index in [9.17, 15) is 0 Å². The average molecular weight is 258 g/mol. The highest BCUT2D eigenvalue weighted by molar-refractivity contribution is 6.32. The molecule has 0 aliphatic heterocycles. The van der Waals surface area contributed by atoms with E-state index in [0.717, 1.165) is 18.7 Å². The summed E-state index contributed by atoms with van der Waals surface area (Å²) in [5.41, 5.74) is 2.45. The molecule has 0 aromatic heterocycles. The Morgan fingerprint density at radius 3 is 2.59 bits per heavy atom. The second-order valence-electron chi connectivity index (χ2n) is 4.16. The maximum absolute atomic E-state index is 6.11. The number of nitrogens with zero attached hydrogens (tertiary/aromatic N) is 1. The number of ether oxygens (including phenoxy) is 2. The Hall–Kier alpha value is -0.770. The van der Waals surface area contributed by atoms with Gasteiger partial charge in [-0.1, -0.05) is 11.6 Å².